The molecule has 3 aromatic rings. The van der Waals surface area contributed by atoms with Crippen molar-refractivity contribution in [2.75, 3.05) is 0 Å². The first-order valence-electron chi connectivity index (χ1n) is 15.6. The van der Waals surface area contributed by atoms with E-state index < -0.39 is 8.07 Å². The number of benzene rings is 3. The van der Waals surface area contributed by atoms with Gasteiger partial charge in [-0.2, -0.15) is 11.6 Å². The molecule has 0 N–H and O–H groups in total. The van der Waals surface area contributed by atoms with E-state index >= 15 is 0 Å². The third-order valence-electron chi connectivity index (χ3n) is 8.79. The molecule has 0 bridgehead atoms. The Morgan fingerprint density at radius 2 is 0.814 bits per heavy atom. The fraction of sp³-hybridized carbons (Fsp3) is 0.421. The van der Waals surface area contributed by atoms with Gasteiger partial charge in [0.1, 0.15) is 8.07 Å². The first-order valence-corrected chi connectivity index (χ1v) is 17.6. The zero-order valence-electron chi connectivity index (χ0n) is 27.5. The smallest absolute Gasteiger partial charge is 0.144 e. The summed E-state index contributed by atoms with van der Waals surface area (Å²) < 4.78 is 0. The quantitative estimate of drug-likeness (QED) is 0.107. The second kappa shape index (κ2) is 18.8. The van der Waals surface area contributed by atoms with E-state index in [1.54, 1.807) is 15.6 Å². The van der Waals surface area contributed by atoms with E-state index in [2.05, 4.69) is 122 Å². The number of allylic oxidation sites excluding steroid dienone is 4. The standard InChI is InChI=1S/C38H49Si.3ClH.Ti/c1-9-28-18-29(10-2)22-34(21-28)39(38-17-15-16-37(38)27(7)8,35-23-30(11-3)19-31(12-4)24-35)36-25-32(13-5)20-33(14-6)26-36;;;;/h16,18-27H,9-15H2,1-8H3;3*1H;/q-1;;;;. The van der Waals surface area contributed by atoms with Gasteiger partial charge in [0, 0.05) is 21.7 Å². The van der Waals surface area contributed by atoms with Crippen molar-refractivity contribution in [1.82, 2.24) is 0 Å². The van der Waals surface area contributed by atoms with Gasteiger partial charge < -0.3 is 0 Å². The van der Waals surface area contributed by atoms with E-state index in [0.717, 1.165) is 44.9 Å². The maximum absolute atomic E-state index is 4.04. The molecule has 0 aromatic heterocycles. The second-order valence-electron chi connectivity index (χ2n) is 11.6. The van der Waals surface area contributed by atoms with Gasteiger partial charge in [-0.05, 0) is 87.5 Å². The van der Waals surface area contributed by atoms with Gasteiger partial charge in [-0.25, -0.2) is 5.20 Å². The normalized spacial score (nSPS) is 12.4. The molecule has 4 rings (SSSR count). The van der Waals surface area contributed by atoms with Crippen molar-refractivity contribution in [3.63, 3.8) is 0 Å². The van der Waals surface area contributed by atoms with Crippen LogP contribution in [0.1, 0.15) is 95.2 Å². The molecule has 43 heavy (non-hydrogen) atoms. The Bertz CT molecular complexity index is 1190. The van der Waals surface area contributed by atoms with Crippen LogP contribution < -0.4 is 15.6 Å². The van der Waals surface area contributed by atoms with Crippen molar-refractivity contribution in [3.8, 4) is 0 Å². The number of halogens is 3. The molecule has 0 fully saturated rings. The average molecular weight is 691 g/mol. The van der Waals surface area contributed by atoms with Gasteiger partial charge in [0.15, 0.2) is 0 Å². The Hall–Kier alpha value is -1.06. The topological polar surface area (TPSA) is 0 Å². The first-order chi connectivity index (χ1) is 18.8. The largest absolute Gasteiger partial charge is 0.272 e. The summed E-state index contributed by atoms with van der Waals surface area (Å²) >= 11 is 0. The molecule has 0 atom stereocenters. The average Bonchev–Trinajstić information content (AvgIpc) is 3.47. The molecule has 3 aromatic carbocycles. The predicted molar refractivity (Wildman–Crippen MR) is 196 cm³/mol. The predicted octanol–water partition coefficient (Wildman–Crippen LogP) is 9.05. The van der Waals surface area contributed by atoms with Crippen LogP contribution in [-0.2, 0) is 60.2 Å². The number of aryl methyl sites for hydroxylation is 6. The van der Waals surface area contributed by atoms with Crippen LogP contribution in [0.15, 0.2) is 71.4 Å². The van der Waals surface area contributed by atoms with Gasteiger partial charge in [0.2, 0.25) is 0 Å². The third-order valence-corrected chi connectivity index (χ3v) is 13.5. The summed E-state index contributed by atoms with van der Waals surface area (Å²) in [6, 6.07) is 22.8. The van der Waals surface area contributed by atoms with Crippen LogP contribution in [0.4, 0.5) is 0 Å². The molecule has 0 heterocycles. The molecule has 234 valence electrons. The van der Waals surface area contributed by atoms with Crippen LogP contribution >= 0.6 is 37.2 Å². The molecule has 0 saturated carbocycles. The maximum atomic E-state index is 4.04. The minimum atomic E-state index is -2.67. The first kappa shape index (κ1) is 41.9. The summed E-state index contributed by atoms with van der Waals surface area (Å²) in [4.78, 5) is 0. The van der Waals surface area contributed by atoms with E-state index in [4.69, 9.17) is 0 Å². The van der Waals surface area contributed by atoms with Crippen LogP contribution in [0.3, 0.4) is 0 Å². The molecule has 0 amide bonds. The summed E-state index contributed by atoms with van der Waals surface area (Å²) in [6.45, 7) is 18.6. The van der Waals surface area contributed by atoms with E-state index in [1.165, 1.54) is 44.2 Å². The maximum Gasteiger partial charge on any atom is 0.144 e. The molecule has 0 unspecified atom stereocenters. The van der Waals surface area contributed by atoms with Gasteiger partial charge in [0.05, 0.1) is 0 Å². The molecule has 1 aliphatic rings. The number of hydrogen-bond acceptors (Lipinski definition) is 0. The SMILES string of the molecule is CCc1cc(CC)cc([Si](C2=[C-]CC=C2C(C)C)(c2cc(CC)cc(CC)c2)c2cc(CC)cc(CC)c2)c1.Cl.Cl.Cl.[Ti]. The van der Waals surface area contributed by atoms with Gasteiger partial charge in [-0.1, -0.05) is 116 Å². The van der Waals surface area contributed by atoms with E-state index in [0.29, 0.717) is 5.92 Å². The fourth-order valence-corrected chi connectivity index (χ4v) is 11.9. The van der Waals surface area contributed by atoms with E-state index in [1.807, 2.05) is 0 Å². The molecule has 0 saturated heterocycles. The summed E-state index contributed by atoms with van der Waals surface area (Å²) in [7, 11) is -2.67. The molecule has 0 radical (unpaired) electrons. The number of hydrogen-bond donors (Lipinski definition) is 0. The van der Waals surface area contributed by atoms with Crippen molar-refractivity contribution in [2.24, 2.45) is 5.92 Å². The Kier molecular flexibility index (Phi) is 18.3. The minimum absolute atomic E-state index is 0. The van der Waals surface area contributed by atoms with Crippen LogP contribution in [0.25, 0.3) is 0 Å². The van der Waals surface area contributed by atoms with Crippen molar-refractivity contribution in [1.29, 1.82) is 0 Å². The van der Waals surface area contributed by atoms with Crippen LogP contribution in [-0.4, -0.2) is 8.07 Å². The van der Waals surface area contributed by atoms with Gasteiger partial charge in [-0.3, -0.25) is 6.08 Å². The van der Waals surface area contributed by atoms with Gasteiger partial charge in [0.25, 0.3) is 0 Å². The zero-order valence-corrected chi connectivity index (χ0v) is 32.5. The third kappa shape index (κ3) is 8.60. The Morgan fingerprint density at radius 1 is 0.535 bits per heavy atom. The van der Waals surface area contributed by atoms with E-state index in [-0.39, 0.29) is 58.9 Å². The molecule has 5 heteroatoms. The Labute approximate surface area is 297 Å². The summed E-state index contributed by atoms with van der Waals surface area (Å²) in [6.07, 6.45) is 13.8. The molecular weight excluding hydrogens is 639 g/mol. The van der Waals surface area contributed by atoms with Crippen molar-refractivity contribution < 1.29 is 21.7 Å². The summed E-state index contributed by atoms with van der Waals surface area (Å²) in [5.74, 6) is 0.474. The van der Waals surface area contributed by atoms with Gasteiger partial charge in [-0.15, -0.1) is 43.6 Å². The fourth-order valence-electron chi connectivity index (χ4n) is 6.44. The second-order valence-corrected chi connectivity index (χ2v) is 15.3. The minimum Gasteiger partial charge on any atom is -0.272 e. The molecule has 0 spiro atoms. The Morgan fingerprint density at radius 3 is 1.05 bits per heavy atom. The van der Waals surface area contributed by atoms with Crippen molar-refractivity contribution in [2.45, 2.75) is 100 Å². The zero-order chi connectivity index (χ0) is 28.2. The summed E-state index contributed by atoms with van der Waals surface area (Å²) in [5.41, 5.74) is 10.3. The monoisotopic (exact) mass is 689 g/mol. The van der Waals surface area contributed by atoms with Crippen molar-refractivity contribution in [3.05, 3.63) is 111 Å². The molecular formula is C38H52Cl3SiTi-. The van der Waals surface area contributed by atoms with Gasteiger partial charge >= 0.3 is 0 Å². The van der Waals surface area contributed by atoms with Crippen LogP contribution in [0, 0.1) is 12.0 Å². The Balaban J connectivity index is 0.00000441. The van der Waals surface area contributed by atoms with E-state index in [9.17, 15) is 0 Å². The molecule has 1 aliphatic carbocycles. The number of rotatable bonds is 11. The van der Waals surface area contributed by atoms with Crippen LogP contribution in [0.5, 0.6) is 0 Å². The van der Waals surface area contributed by atoms with Crippen LogP contribution in [0.2, 0.25) is 0 Å². The molecule has 0 aliphatic heterocycles. The van der Waals surface area contributed by atoms with Crippen molar-refractivity contribution >= 4 is 60.9 Å². The summed E-state index contributed by atoms with van der Waals surface area (Å²) in [5, 5.41) is 6.14. The molecule has 0 nitrogen and oxygen atoms in total.